The van der Waals surface area contributed by atoms with Crippen molar-refractivity contribution in [3.05, 3.63) is 52.9 Å². The van der Waals surface area contributed by atoms with Gasteiger partial charge in [-0.15, -0.1) is 0 Å². The molecular formula is C15H16ClNO5S. The fraction of sp³-hybridized carbons (Fsp3) is 0.267. The number of hydrogen-bond donors (Lipinski definition) is 0. The van der Waals surface area contributed by atoms with E-state index in [0.29, 0.717) is 0 Å². The van der Waals surface area contributed by atoms with E-state index in [0.717, 1.165) is 5.56 Å². The van der Waals surface area contributed by atoms with Gasteiger partial charge >= 0.3 is 5.97 Å². The number of ether oxygens (including phenoxy) is 1. The fourth-order valence-corrected chi connectivity index (χ4v) is 4.00. The average Bonchev–Trinajstić information content (AvgIpc) is 3.04. The maximum Gasteiger partial charge on any atom is 0.337 e. The number of furan rings is 1. The molecule has 2 aromatic rings. The molecule has 0 saturated carbocycles. The molecule has 0 aliphatic rings. The molecule has 1 aromatic carbocycles. The molecule has 2 rings (SSSR count). The lowest BCUT2D eigenvalue weighted by atomic mass is 10.2. The summed E-state index contributed by atoms with van der Waals surface area (Å²) in [6.07, 6.45) is 2.97. The number of halogens is 1. The van der Waals surface area contributed by atoms with Gasteiger partial charge in [-0.25, -0.2) is 13.2 Å². The Morgan fingerprint density at radius 1 is 1.35 bits per heavy atom. The summed E-state index contributed by atoms with van der Waals surface area (Å²) in [7, 11) is -2.56. The first-order chi connectivity index (χ1) is 10.9. The quantitative estimate of drug-likeness (QED) is 0.743. The lowest BCUT2D eigenvalue weighted by Crippen LogP contribution is -2.30. The number of carbonyl (C=O) groups excluding carboxylic acids is 1. The standard InChI is InChI=1S/C15H16ClNO5S/c1-3-17(9-11-6-7-22-10-11)23(19,20)14-5-4-12(8-13(14)16)15(18)21-2/h4-8,10H,3,9H2,1-2H3. The monoisotopic (exact) mass is 357 g/mol. The summed E-state index contributed by atoms with van der Waals surface area (Å²) in [5.41, 5.74) is 0.923. The molecular weight excluding hydrogens is 342 g/mol. The average molecular weight is 358 g/mol. The molecule has 0 bridgehead atoms. The van der Waals surface area contributed by atoms with Crippen LogP contribution in [0.3, 0.4) is 0 Å². The first-order valence-corrected chi connectivity index (χ1v) is 8.61. The van der Waals surface area contributed by atoms with Crippen molar-refractivity contribution in [2.45, 2.75) is 18.4 Å². The van der Waals surface area contributed by atoms with Gasteiger partial charge in [0.05, 0.1) is 30.2 Å². The van der Waals surface area contributed by atoms with Gasteiger partial charge in [0, 0.05) is 18.7 Å². The van der Waals surface area contributed by atoms with Gasteiger partial charge in [-0.2, -0.15) is 4.31 Å². The SMILES string of the molecule is CCN(Cc1ccoc1)S(=O)(=O)c1ccc(C(=O)OC)cc1Cl. The van der Waals surface area contributed by atoms with Crippen LogP contribution in [-0.2, 0) is 21.3 Å². The number of methoxy groups -OCH3 is 1. The number of carbonyl (C=O) groups is 1. The summed E-state index contributed by atoms with van der Waals surface area (Å²) in [5.74, 6) is -0.582. The van der Waals surface area contributed by atoms with Crippen LogP contribution in [0.15, 0.2) is 46.1 Å². The van der Waals surface area contributed by atoms with E-state index in [2.05, 4.69) is 4.74 Å². The highest BCUT2D eigenvalue weighted by Crippen LogP contribution is 2.27. The summed E-state index contributed by atoms with van der Waals surface area (Å²) in [6.45, 7) is 2.17. The van der Waals surface area contributed by atoms with Crippen molar-refractivity contribution in [3.63, 3.8) is 0 Å². The third-order valence-electron chi connectivity index (χ3n) is 3.26. The molecule has 6 nitrogen and oxygen atoms in total. The van der Waals surface area contributed by atoms with Crippen molar-refractivity contribution >= 4 is 27.6 Å². The second-order valence-electron chi connectivity index (χ2n) is 4.70. The van der Waals surface area contributed by atoms with Crippen LogP contribution in [0.1, 0.15) is 22.8 Å². The minimum atomic E-state index is -3.80. The van der Waals surface area contributed by atoms with Gasteiger partial charge in [0.1, 0.15) is 4.90 Å². The first-order valence-electron chi connectivity index (χ1n) is 6.79. The molecule has 0 fully saturated rings. The maximum absolute atomic E-state index is 12.8. The van der Waals surface area contributed by atoms with Gasteiger partial charge < -0.3 is 9.15 Å². The number of nitrogens with zero attached hydrogens (tertiary/aromatic N) is 1. The molecule has 0 radical (unpaired) electrons. The van der Waals surface area contributed by atoms with Gasteiger partial charge in [0.2, 0.25) is 10.0 Å². The minimum absolute atomic E-state index is 0.0291. The highest BCUT2D eigenvalue weighted by molar-refractivity contribution is 7.89. The molecule has 0 atom stereocenters. The predicted molar refractivity (Wildman–Crippen MR) is 84.8 cm³/mol. The topological polar surface area (TPSA) is 76.8 Å². The highest BCUT2D eigenvalue weighted by Gasteiger charge is 2.26. The van der Waals surface area contributed by atoms with Crippen molar-refractivity contribution in [3.8, 4) is 0 Å². The van der Waals surface area contributed by atoms with E-state index < -0.39 is 16.0 Å². The van der Waals surface area contributed by atoms with Gasteiger partial charge in [-0.05, 0) is 24.3 Å². The van der Waals surface area contributed by atoms with Crippen LogP contribution in [0.2, 0.25) is 5.02 Å². The van der Waals surface area contributed by atoms with E-state index >= 15 is 0 Å². The molecule has 0 unspecified atom stereocenters. The molecule has 0 amide bonds. The van der Waals surface area contributed by atoms with Crippen molar-refractivity contribution in [2.24, 2.45) is 0 Å². The Balaban J connectivity index is 2.36. The molecule has 0 N–H and O–H groups in total. The smallest absolute Gasteiger partial charge is 0.337 e. The van der Waals surface area contributed by atoms with E-state index in [-0.39, 0.29) is 28.6 Å². The lowest BCUT2D eigenvalue weighted by molar-refractivity contribution is 0.0600. The zero-order chi connectivity index (χ0) is 17.0. The fourth-order valence-electron chi connectivity index (χ4n) is 2.05. The number of esters is 1. The zero-order valence-electron chi connectivity index (χ0n) is 12.7. The van der Waals surface area contributed by atoms with Crippen molar-refractivity contribution in [1.82, 2.24) is 4.31 Å². The third-order valence-corrected chi connectivity index (χ3v) is 5.67. The van der Waals surface area contributed by atoms with Crippen LogP contribution in [0, 0.1) is 0 Å². The lowest BCUT2D eigenvalue weighted by Gasteiger charge is -2.20. The number of benzene rings is 1. The Bertz CT molecular complexity index is 786. The summed E-state index contributed by atoms with van der Waals surface area (Å²) in [4.78, 5) is 11.4. The molecule has 124 valence electrons. The van der Waals surface area contributed by atoms with E-state index in [1.807, 2.05) is 0 Å². The molecule has 1 aromatic heterocycles. The number of hydrogen-bond acceptors (Lipinski definition) is 5. The minimum Gasteiger partial charge on any atom is -0.472 e. The summed E-state index contributed by atoms with van der Waals surface area (Å²) in [6, 6.07) is 5.66. The number of rotatable bonds is 6. The zero-order valence-corrected chi connectivity index (χ0v) is 14.2. The second-order valence-corrected chi connectivity index (χ2v) is 7.01. The molecule has 1 heterocycles. The normalized spacial score (nSPS) is 11.7. The van der Waals surface area contributed by atoms with Crippen LogP contribution >= 0.6 is 11.6 Å². The van der Waals surface area contributed by atoms with Gasteiger partial charge in [0.25, 0.3) is 0 Å². The molecule has 0 spiro atoms. The molecule has 0 aliphatic heterocycles. The van der Waals surface area contributed by atoms with Crippen molar-refractivity contribution in [1.29, 1.82) is 0 Å². The Morgan fingerprint density at radius 2 is 2.09 bits per heavy atom. The summed E-state index contributed by atoms with van der Waals surface area (Å²) >= 11 is 6.07. The van der Waals surface area contributed by atoms with Gasteiger partial charge in [0.15, 0.2) is 0 Å². The van der Waals surface area contributed by atoms with Crippen LogP contribution < -0.4 is 0 Å². The Morgan fingerprint density at radius 3 is 2.61 bits per heavy atom. The van der Waals surface area contributed by atoms with Crippen molar-refractivity contribution in [2.75, 3.05) is 13.7 Å². The summed E-state index contributed by atoms with van der Waals surface area (Å²) < 4.78 is 36.3. The Kier molecular flexibility index (Phi) is 5.46. The van der Waals surface area contributed by atoms with E-state index in [4.69, 9.17) is 16.0 Å². The third kappa shape index (κ3) is 3.74. The van der Waals surface area contributed by atoms with Crippen LogP contribution in [0.5, 0.6) is 0 Å². The largest absolute Gasteiger partial charge is 0.472 e. The van der Waals surface area contributed by atoms with Gasteiger partial charge in [-0.3, -0.25) is 0 Å². The molecule has 23 heavy (non-hydrogen) atoms. The highest BCUT2D eigenvalue weighted by atomic mass is 35.5. The van der Waals surface area contributed by atoms with E-state index in [9.17, 15) is 13.2 Å². The molecule has 0 aliphatic carbocycles. The second kappa shape index (κ2) is 7.16. The van der Waals surface area contributed by atoms with Gasteiger partial charge in [-0.1, -0.05) is 18.5 Å². The predicted octanol–water partition coefficient (Wildman–Crippen LogP) is 2.93. The van der Waals surface area contributed by atoms with Crippen LogP contribution in [-0.4, -0.2) is 32.3 Å². The molecule has 0 saturated heterocycles. The van der Waals surface area contributed by atoms with E-state index in [1.54, 1.807) is 13.0 Å². The number of sulfonamides is 1. The summed E-state index contributed by atoms with van der Waals surface area (Å²) in [5, 5.41) is -0.0291. The van der Waals surface area contributed by atoms with Crippen LogP contribution in [0.4, 0.5) is 0 Å². The Hall–Kier alpha value is -1.83. The Labute approximate surface area is 139 Å². The van der Waals surface area contributed by atoms with Crippen LogP contribution in [0.25, 0.3) is 0 Å². The van der Waals surface area contributed by atoms with E-state index in [1.165, 1.54) is 42.1 Å². The molecule has 8 heteroatoms. The first kappa shape index (κ1) is 17.5. The maximum atomic E-state index is 12.8. The van der Waals surface area contributed by atoms with Crippen molar-refractivity contribution < 1.29 is 22.4 Å².